The summed E-state index contributed by atoms with van der Waals surface area (Å²) in [5.41, 5.74) is 1.33. The maximum absolute atomic E-state index is 12.0. The Bertz CT molecular complexity index is 630. The molecule has 2 aromatic rings. The predicted octanol–water partition coefficient (Wildman–Crippen LogP) is 3.21. The van der Waals surface area contributed by atoms with Crippen LogP contribution in [0.2, 0.25) is 0 Å². The van der Waals surface area contributed by atoms with Gasteiger partial charge in [-0.15, -0.1) is 0 Å². The summed E-state index contributed by atoms with van der Waals surface area (Å²) < 4.78 is 16.2. The Morgan fingerprint density at radius 1 is 1.14 bits per heavy atom. The molecule has 1 saturated heterocycles. The molecule has 0 bridgehead atoms. The highest BCUT2D eigenvalue weighted by atomic mass is 16.6. The van der Waals surface area contributed by atoms with E-state index in [1.165, 1.54) is 0 Å². The SMILES string of the molecule is CC1(COc2ccc(C(=O)OCc3ccccc3)cc2)CO1. The highest BCUT2D eigenvalue weighted by Crippen LogP contribution is 2.27. The molecule has 0 saturated carbocycles. The lowest BCUT2D eigenvalue weighted by Crippen LogP contribution is -2.16. The Morgan fingerprint density at radius 2 is 1.82 bits per heavy atom. The summed E-state index contributed by atoms with van der Waals surface area (Å²) in [5, 5.41) is 0. The molecule has 4 heteroatoms. The van der Waals surface area contributed by atoms with Crippen LogP contribution in [0.3, 0.4) is 0 Å². The molecule has 0 N–H and O–H groups in total. The second-order valence-corrected chi connectivity index (χ2v) is 5.61. The Balaban J connectivity index is 1.52. The smallest absolute Gasteiger partial charge is 0.338 e. The first kappa shape index (κ1) is 14.6. The van der Waals surface area contributed by atoms with Crippen molar-refractivity contribution in [3.05, 3.63) is 65.7 Å². The van der Waals surface area contributed by atoms with Gasteiger partial charge >= 0.3 is 5.97 Å². The molecule has 114 valence electrons. The molecule has 3 rings (SSSR count). The Hall–Kier alpha value is -2.33. The minimum Gasteiger partial charge on any atom is -0.491 e. The van der Waals surface area contributed by atoms with E-state index in [0.29, 0.717) is 12.2 Å². The third-order valence-corrected chi connectivity index (χ3v) is 3.48. The van der Waals surface area contributed by atoms with Gasteiger partial charge in [-0.1, -0.05) is 30.3 Å². The molecule has 1 atom stereocenters. The molecule has 1 fully saturated rings. The molecule has 1 aliphatic heterocycles. The van der Waals surface area contributed by atoms with Gasteiger partial charge in [0.05, 0.1) is 12.2 Å². The summed E-state index contributed by atoms with van der Waals surface area (Å²) in [6.07, 6.45) is 0. The molecular weight excluding hydrogens is 280 g/mol. The van der Waals surface area contributed by atoms with Crippen molar-refractivity contribution in [1.29, 1.82) is 0 Å². The zero-order chi connectivity index (χ0) is 15.4. The third-order valence-electron chi connectivity index (χ3n) is 3.48. The number of benzene rings is 2. The molecule has 22 heavy (non-hydrogen) atoms. The molecule has 1 unspecified atom stereocenters. The van der Waals surface area contributed by atoms with Crippen LogP contribution >= 0.6 is 0 Å². The standard InChI is InChI=1S/C18H18O4/c1-18(13-22-18)12-21-16-9-7-15(8-10-16)17(19)20-11-14-5-3-2-4-6-14/h2-10H,11-13H2,1H3. The van der Waals surface area contributed by atoms with Gasteiger partial charge in [0, 0.05) is 0 Å². The Morgan fingerprint density at radius 3 is 2.45 bits per heavy atom. The average molecular weight is 298 g/mol. The van der Waals surface area contributed by atoms with Crippen LogP contribution in [0.15, 0.2) is 54.6 Å². The van der Waals surface area contributed by atoms with Crippen LogP contribution in [0.4, 0.5) is 0 Å². The Kier molecular flexibility index (Phi) is 4.11. The van der Waals surface area contributed by atoms with Gasteiger partial charge in [0.1, 0.15) is 24.6 Å². The molecule has 2 aromatic carbocycles. The average Bonchev–Trinajstić information content (AvgIpc) is 3.30. The van der Waals surface area contributed by atoms with E-state index in [1.54, 1.807) is 24.3 Å². The van der Waals surface area contributed by atoms with E-state index in [2.05, 4.69) is 0 Å². The maximum atomic E-state index is 12.0. The van der Waals surface area contributed by atoms with E-state index in [1.807, 2.05) is 37.3 Å². The summed E-state index contributed by atoms with van der Waals surface area (Å²) in [5.74, 6) is 0.379. The van der Waals surface area contributed by atoms with Gasteiger partial charge in [-0.2, -0.15) is 0 Å². The molecule has 0 spiro atoms. The van der Waals surface area contributed by atoms with E-state index in [0.717, 1.165) is 17.9 Å². The van der Waals surface area contributed by atoms with Crippen LogP contribution in [0.1, 0.15) is 22.8 Å². The quantitative estimate of drug-likeness (QED) is 0.607. The summed E-state index contributed by atoms with van der Waals surface area (Å²) in [6.45, 7) is 3.53. The van der Waals surface area contributed by atoms with Crippen LogP contribution in [-0.4, -0.2) is 24.8 Å². The van der Waals surface area contributed by atoms with Crippen molar-refractivity contribution in [2.45, 2.75) is 19.1 Å². The van der Waals surface area contributed by atoms with Gasteiger partial charge in [0.25, 0.3) is 0 Å². The number of esters is 1. The van der Waals surface area contributed by atoms with Crippen LogP contribution < -0.4 is 4.74 Å². The summed E-state index contributed by atoms with van der Waals surface area (Å²) in [4.78, 5) is 12.0. The predicted molar refractivity (Wildman–Crippen MR) is 81.9 cm³/mol. The number of hydrogen-bond acceptors (Lipinski definition) is 4. The van der Waals surface area contributed by atoms with Crippen molar-refractivity contribution in [2.24, 2.45) is 0 Å². The zero-order valence-electron chi connectivity index (χ0n) is 12.5. The highest BCUT2D eigenvalue weighted by molar-refractivity contribution is 5.89. The topological polar surface area (TPSA) is 48.1 Å². The fourth-order valence-corrected chi connectivity index (χ4v) is 1.94. The van der Waals surface area contributed by atoms with Crippen molar-refractivity contribution in [2.75, 3.05) is 13.2 Å². The first-order valence-electron chi connectivity index (χ1n) is 7.23. The van der Waals surface area contributed by atoms with Crippen molar-refractivity contribution in [1.82, 2.24) is 0 Å². The fourth-order valence-electron chi connectivity index (χ4n) is 1.94. The molecule has 0 aliphatic carbocycles. The summed E-state index contributed by atoms with van der Waals surface area (Å²) in [6, 6.07) is 16.6. The molecule has 0 aromatic heterocycles. The van der Waals surface area contributed by atoms with E-state index >= 15 is 0 Å². The minimum absolute atomic E-state index is 0.146. The second-order valence-electron chi connectivity index (χ2n) is 5.61. The minimum atomic E-state index is -0.340. The van der Waals surface area contributed by atoms with Gasteiger partial charge in [0.15, 0.2) is 0 Å². The largest absolute Gasteiger partial charge is 0.491 e. The summed E-state index contributed by atoms with van der Waals surface area (Å²) in [7, 11) is 0. The van der Waals surface area contributed by atoms with Crippen molar-refractivity contribution >= 4 is 5.97 Å². The molecular formula is C18H18O4. The first-order valence-corrected chi connectivity index (χ1v) is 7.23. The fraction of sp³-hybridized carbons (Fsp3) is 0.278. The van der Waals surface area contributed by atoms with Gasteiger partial charge in [-0.3, -0.25) is 0 Å². The number of epoxide rings is 1. The van der Waals surface area contributed by atoms with Crippen LogP contribution in [0.5, 0.6) is 5.75 Å². The van der Waals surface area contributed by atoms with Gasteiger partial charge in [0.2, 0.25) is 0 Å². The van der Waals surface area contributed by atoms with Crippen LogP contribution in [0, 0.1) is 0 Å². The molecule has 4 nitrogen and oxygen atoms in total. The third kappa shape index (κ3) is 3.86. The van der Waals surface area contributed by atoms with E-state index in [-0.39, 0.29) is 18.2 Å². The second kappa shape index (κ2) is 6.20. The molecule has 1 heterocycles. The van der Waals surface area contributed by atoms with E-state index < -0.39 is 0 Å². The lowest BCUT2D eigenvalue weighted by molar-refractivity contribution is 0.0472. The number of carbonyl (C=O) groups is 1. The maximum Gasteiger partial charge on any atom is 0.338 e. The normalized spacial score (nSPS) is 19.5. The lowest BCUT2D eigenvalue weighted by Gasteiger charge is -2.09. The van der Waals surface area contributed by atoms with E-state index in [4.69, 9.17) is 14.2 Å². The first-order chi connectivity index (χ1) is 10.6. The van der Waals surface area contributed by atoms with Gasteiger partial charge in [-0.25, -0.2) is 4.79 Å². The highest BCUT2D eigenvalue weighted by Gasteiger charge is 2.40. The van der Waals surface area contributed by atoms with Crippen LogP contribution in [0.25, 0.3) is 0 Å². The number of ether oxygens (including phenoxy) is 3. The molecule has 0 amide bonds. The zero-order valence-corrected chi connectivity index (χ0v) is 12.5. The number of hydrogen-bond donors (Lipinski definition) is 0. The van der Waals surface area contributed by atoms with Crippen molar-refractivity contribution in [3.63, 3.8) is 0 Å². The number of rotatable bonds is 6. The number of carbonyl (C=O) groups excluding carboxylic acids is 1. The molecule has 1 aliphatic rings. The van der Waals surface area contributed by atoms with Crippen molar-refractivity contribution in [3.8, 4) is 5.75 Å². The van der Waals surface area contributed by atoms with Gasteiger partial charge in [-0.05, 0) is 36.8 Å². The van der Waals surface area contributed by atoms with Crippen molar-refractivity contribution < 1.29 is 19.0 Å². The van der Waals surface area contributed by atoms with E-state index in [9.17, 15) is 4.79 Å². The lowest BCUT2D eigenvalue weighted by atomic mass is 10.2. The summed E-state index contributed by atoms with van der Waals surface area (Å²) >= 11 is 0. The molecule has 0 radical (unpaired) electrons. The monoisotopic (exact) mass is 298 g/mol. The van der Waals surface area contributed by atoms with Gasteiger partial charge < -0.3 is 14.2 Å². The van der Waals surface area contributed by atoms with Crippen LogP contribution in [-0.2, 0) is 16.1 Å². The Labute approximate surface area is 129 Å².